The predicted molar refractivity (Wildman–Crippen MR) is 106 cm³/mol. The molecule has 0 saturated carbocycles. The van der Waals surface area contributed by atoms with E-state index in [0.29, 0.717) is 28.8 Å². The molecule has 0 bridgehead atoms. The minimum Gasteiger partial charge on any atom is -0.497 e. The largest absolute Gasteiger partial charge is 0.497 e. The van der Waals surface area contributed by atoms with Crippen LogP contribution in [0.5, 0.6) is 11.5 Å². The molecule has 1 heterocycles. The molecule has 0 aliphatic carbocycles. The fourth-order valence-electron chi connectivity index (χ4n) is 2.99. The molecule has 0 spiro atoms. The van der Waals surface area contributed by atoms with Gasteiger partial charge in [-0.3, -0.25) is 4.79 Å². The van der Waals surface area contributed by atoms with Crippen LogP contribution in [0.4, 0.5) is 0 Å². The lowest BCUT2D eigenvalue weighted by Gasteiger charge is -2.18. The molecule has 1 aromatic heterocycles. The van der Waals surface area contributed by atoms with Crippen molar-refractivity contribution in [2.24, 2.45) is 0 Å². The maximum Gasteiger partial charge on any atom is 0.226 e. The molecule has 0 saturated heterocycles. The van der Waals surface area contributed by atoms with Crippen molar-refractivity contribution in [1.82, 2.24) is 10.3 Å². The number of nitrogens with zero attached hydrogens (tertiary/aromatic N) is 1. The van der Waals surface area contributed by atoms with E-state index >= 15 is 0 Å². The molecule has 1 N–H and O–H groups in total. The van der Waals surface area contributed by atoms with Crippen molar-refractivity contribution < 1.29 is 18.7 Å². The highest BCUT2D eigenvalue weighted by molar-refractivity contribution is 5.79. The smallest absolute Gasteiger partial charge is 0.226 e. The van der Waals surface area contributed by atoms with E-state index in [-0.39, 0.29) is 18.4 Å². The third-order valence-electron chi connectivity index (χ3n) is 4.53. The average Bonchev–Trinajstić information content (AvgIpc) is 3.08. The van der Waals surface area contributed by atoms with Crippen molar-refractivity contribution in [2.45, 2.75) is 26.3 Å². The van der Waals surface area contributed by atoms with E-state index in [1.54, 1.807) is 20.3 Å². The summed E-state index contributed by atoms with van der Waals surface area (Å²) < 4.78 is 16.4. The fraction of sp³-hybridized carbons (Fsp3) is 0.273. The van der Waals surface area contributed by atoms with Gasteiger partial charge in [0.15, 0.2) is 0 Å². The van der Waals surface area contributed by atoms with E-state index in [0.717, 1.165) is 11.1 Å². The molecule has 146 valence electrons. The van der Waals surface area contributed by atoms with Crippen LogP contribution in [0.3, 0.4) is 0 Å². The summed E-state index contributed by atoms with van der Waals surface area (Å²) in [5, 5.41) is 2.99. The van der Waals surface area contributed by atoms with E-state index in [9.17, 15) is 4.79 Å². The molecule has 0 aliphatic heterocycles. The van der Waals surface area contributed by atoms with Crippen molar-refractivity contribution in [3.05, 3.63) is 65.5 Å². The van der Waals surface area contributed by atoms with Gasteiger partial charge in [0.25, 0.3) is 0 Å². The van der Waals surface area contributed by atoms with Gasteiger partial charge in [-0.1, -0.05) is 18.2 Å². The Balaban J connectivity index is 1.70. The Bertz CT molecular complexity index is 950. The first-order valence-electron chi connectivity index (χ1n) is 9.04. The zero-order valence-corrected chi connectivity index (χ0v) is 16.5. The van der Waals surface area contributed by atoms with Crippen molar-refractivity contribution in [1.29, 1.82) is 0 Å². The SMILES string of the molecule is COc1ccc(C(C)NC(=O)Cc2nc(-c3ccccc3)oc2C)c(OC)c1. The highest BCUT2D eigenvalue weighted by Gasteiger charge is 2.18. The molecule has 1 atom stereocenters. The molecule has 6 nitrogen and oxygen atoms in total. The zero-order chi connectivity index (χ0) is 20.1. The lowest BCUT2D eigenvalue weighted by Crippen LogP contribution is -2.28. The number of aryl methyl sites for hydroxylation is 1. The topological polar surface area (TPSA) is 73.6 Å². The fourth-order valence-corrected chi connectivity index (χ4v) is 2.99. The van der Waals surface area contributed by atoms with Gasteiger partial charge in [-0.25, -0.2) is 4.98 Å². The van der Waals surface area contributed by atoms with Crippen LogP contribution in [0, 0.1) is 6.92 Å². The third kappa shape index (κ3) is 4.34. The van der Waals surface area contributed by atoms with Crippen molar-refractivity contribution >= 4 is 5.91 Å². The molecule has 0 fully saturated rings. The first-order valence-corrected chi connectivity index (χ1v) is 9.04. The van der Waals surface area contributed by atoms with Gasteiger partial charge in [-0.2, -0.15) is 0 Å². The Labute approximate surface area is 164 Å². The van der Waals surface area contributed by atoms with Crippen molar-refractivity contribution in [3.8, 4) is 23.0 Å². The van der Waals surface area contributed by atoms with Gasteiger partial charge in [0.05, 0.1) is 32.4 Å². The molecule has 3 rings (SSSR count). The second-order valence-corrected chi connectivity index (χ2v) is 6.46. The summed E-state index contributed by atoms with van der Waals surface area (Å²) in [6, 6.07) is 14.9. The monoisotopic (exact) mass is 380 g/mol. The number of nitrogens with one attached hydrogen (secondary N) is 1. The number of amides is 1. The van der Waals surface area contributed by atoms with Gasteiger partial charge in [0.1, 0.15) is 17.3 Å². The standard InChI is InChI=1S/C22H24N2O4/c1-14(18-11-10-17(26-3)12-20(18)27-4)23-21(25)13-19-15(2)28-22(24-19)16-8-6-5-7-9-16/h5-12,14H,13H2,1-4H3,(H,23,25). The zero-order valence-electron chi connectivity index (χ0n) is 16.5. The molecular formula is C22H24N2O4. The van der Waals surface area contributed by atoms with Crippen LogP contribution >= 0.6 is 0 Å². The summed E-state index contributed by atoms with van der Waals surface area (Å²) in [5.41, 5.74) is 2.39. The maximum atomic E-state index is 12.6. The van der Waals surface area contributed by atoms with Gasteiger partial charge in [-0.15, -0.1) is 0 Å². The minimum atomic E-state index is -0.228. The number of carbonyl (C=O) groups excluding carboxylic acids is 1. The molecule has 3 aromatic rings. The summed E-state index contributed by atoms with van der Waals surface area (Å²) in [4.78, 5) is 17.0. The Morgan fingerprint density at radius 3 is 2.57 bits per heavy atom. The lowest BCUT2D eigenvalue weighted by molar-refractivity contribution is -0.121. The highest BCUT2D eigenvalue weighted by Crippen LogP contribution is 2.29. The average molecular weight is 380 g/mol. The predicted octanol–water partition coefficient (Wildman–Crippen LogP) is 4.09. The van der Waals surface area contributed by atoms with Crippen LogP contribution in [-0.2, 0) is 11.2 Å². The lowest BCUT2D eigenvalue weighted by atomic mass is 10.1. The van der Waals surface area contributed by atoms with Gasteiger partial charge in [0, 0.05) is 17.2 Å². The quantitative estimate of drug-likeness (QED) is 0.668. The highest BCUT2D eigenvalue weighted by atomic mass is 16.5. The van der Waals surface area contributed by atoms with Crippen LogP contribution in [0.15, 0.2) is 52.9 Å². The summed E-state index contributed by atoms with van der Waals surface area (Å²) in [5.74, 6) is 2.39. The van der Waals surface area contributed by atoms with Gasteiger partial charge in [-0.05, 0) is 38.1 Å². The normalized spacial score (nSPS) is 11.7. The van der Waals surface area contributed by atoms with Gasteiger partial charge in [0.2, 0.25) is 11.8 Å². The number of rotatable bonds is 7. The molecule has 0 aliphatic rings. The van der Waals surface area contributed by atoms with E-state index in [1.807, 2.05) is 56.3 Å². The molecule has 1 unspecified atom stereocenters. The number of benzene rings is 2. The van der Waals surface area contributed by atoms with Crippen molar-refractivity contribution in [2.75, 3.05) is 14.2 Å². The molecule has 6 heteroatoms. The summed E-state index contributed by atoms with van der Waals surface area (Å²) in [7, 11) is 3.19. The van der Waals surface area contributed by atoms with Crippen LogP contribution in [0.25, 0.3) is 11.5 Å². The number of hydrogen-bond donors (Lipinski definition) is 1. The van der Waals surface area contributed by atoms with Gasteiger partial charge < -0.3 is 19.2 Å². The van der Waals surface area contributed by atoms with Crippen LogP contribution in [0.2, 0.25) is 0 Å². The Morgan fingerprint density at radius 2 is 1.89 bits per heavy atom. The molecule has 28 heavy (non-hydrogen) atoms. The second kappa shape index (κ2) is 8.61. The summed E-state index contributed by atoms with van der Waals surface area (Å²) in [6.45, 7) is 3.73. The van der Waals surface area contributed by atoms with Crippen LogP contribution in [-0.4, -0.2) is 25.1 Å². The van der Waals surface area contributed by atoms with Crippen LogP contribution < -0.4 is 14.8 Å². The molecule has 1 amide bonds. The first-order chi connectivity index (χ1) is 13.5. The van der Waals surface area contributed by atoms with E-state index in [4.69, 9.17) is 13.9 Å². The Hall–Kier alpha value is -3.28. The second-order valence-electron chi connectivity index (χ2n) is 6.46. The molecule has 0 radical (unpaired) electrons. The van der Waals surface area contributed by atoms with E-state index in [2.05, 4.69) is 10.3 Å². The number of aromatic nitrogens is 1. The first kappa shape index (κ1) is 19.5. The van der Waals surface area contributed by atoms with Crippen molar-refractivity contribution in [3.63, 3.8) is 0 Å². The number of carbonyl (C=O) groups is 1. The number of methoxy groups -OCH3 is 2. The van der Waals surface area contributed by atoms with E-state index < -0.39 is 0 Å². The Kier molecular flexibility index (Phi) is 5.99. The Morgan fingerprint density at radius 1 is 1.14 bits per heavy atom. The third-order valence-corrected chi connectivity index (χ3v) is 4.53. The molecule has 2 aromatic carbocycles. The summed E-state index contributed by atoms with van der Waals surface area (Å²) in [6.07, 6.45) is 0.144. The number of oxazole rings is 1. The van der Waals surface area contributed by atoms with Gasteiger partial charge >= 0.3 is 0 Å². The molecular weight excluding hydrogens is 356 g/mol. The number of ether oxygens (including phenoxy) is 2. The van der Waals surface area contributed by atoms with Crippen LogP contribution in [0.1, 0.15) is 30.0 Å². The van der Waals surface area contributed by atoms with E-state index in [1.165, 1.54) is 0 Å². The summed E-state index contributed by atoms with van der Waals surface area (Å²) >= 11 is 0. The number of hydrogen-bond acceptors (Lipinski definition) is 5. The maximum absolute atomic E-state index is 12.6. The minimum absolute atomic E-state index is 0.138.